The average Bonchev–Trinajstić information content (AvgIpc) is 2.56. The predicted molar refractivity (Wildman–Crippen MR) is 84.9 cm³/mol. The van der Waals surface area contributed by atoms with E-state index in [9.17, 15) is 0 Å². The smallest absolute Gasteiger partial charge is 0.142 e. The molecule has 0 bridgehead atoms. The number of piperazine rings is 1. The van der Waals surface area contributed by atoms with E-state index in [-0.39, 0.29) is 0 Å². The highest BCUT2D eigenvalue weighted by molar-refractivity contribution is 4.94. The molecule has 2 unspecified atom stereocenters. The van der Waals surface area contributed by atoms with E-state index in [1.807, 2.05) is 18.5 Å². The summed E-state index contributed by atoms with van der Waals surface area (Å²) in [5.41, 5.74) is 0. The minimum atomic E-state index is 0.619. The van der Waals surface area contributed by atoms with Gasteiger partial charge in [-0.05, 0) is 31.2 Å². The summed E-state index contributed by atoms with van der Waals surface area (Å²) in [6.45, 7) is 5.45. The van der Waals surface area contributed by atoms with Crippen LogP contribution in [0.5, 0.6) is 0 Å². The first-order chi connectivity index (χ1) is 10.4. The van der Waals surface area contributed by atoms with E-state index in [0.717, 1.165) is 31.4 Å². The largest absolute Gasteiger partial charge is 0.311 e. The highest BCUT2D eigenvalue weighted by Crippen LogP contribution is 2.29. The summed E-state index contributed by atoms with van der Waals surface area (Å²) in [7, 11) is 0. The zero-order valence-electron chi connectivity index (χ0n) is 13.2. The molecule has 0 spiro atoms. The third kappa shape index (κ3) is 3.80. The Bertz CT molecular complexity index is 416. The molecule has 116 valence electrons. The number of hydrogen-bond donors (Lipinski definition) is 1. The van der Waals surface area contributed by atoms with Crippen molar-refractivity contribution in [3.8, 4) is 0 Å². The quantitative estimate of drug-likeness (QED) is 0.924. The maximum absolute atomic E-state index is 4.41. The minimum Gasteiger partial charge on any atom is -0.311 e. The van der Waals surface area contributed by atoms with Crippen LogP contribution in [-0.2, 0) is 6.54 Å². The van der Waals surface area contributed by atoms with Gasteiger partial charge in [0.15, 0.2) is 0 Å². The van der Waals surface area contributed by atoms with E-state index < -0.39 is 0 Å². The van der Waals surface area contributed by atoms with Gasteiger partial charge in [0, 0.05) is 37.6 Å². The normalized spacial score (nSPS) is 28.6. The standard InChI is InChI=1S/C17H28N4/c1-2-15-11-20-16(14-7-4-3-5-8-14)12-21(15)13-17-18-9-6-10-19-17/h6,9-10,14-16,20H,2-5,7-8,11-13H2,1H3. The summed E-state index contributed by atoms with van der Waals surface area (Å²) < 4.78 is 0. The highest BCUT2D eigenvalue weighted by Gasteiger charge is 2.32. The van der Waals surface area contributed by atoms with Crippen molar-refractivity contribution in [1.29, 1.82) is 0 Å². The Morgan fingerprint density at radius 2 is 1.95 bits per heavy atom. The summed E-state index contributed by atoms with van der Waals surface area (Å²) in [6.07, 6.45) is 12.0. The minimum absolute atomic E-state index is 0.619. The Morgan fingerprint density at radius 1 is 1.19 bits per heavy atom. The summed E-state index contributed by atoms with van der Waals surface area (Å²) in [6, 6.07) is 3.18. The molecular formula is C17H28N4. The number of hydrogen-bond acceptors (Lipinski definition) is 4. The second kappa shape index (κ2) is 7.32. The lowest BCUT2D eigenvalue weighted by molar-refractivity contribution is 0.0851. The Balaban J connectivity index is 1.64. The first-order valence-electron chi connectivity index (χ1n) is 8.60. The zero-order valence-corrected chi connectivity index (χ0v) is 13.2. The summed E-state index contributed by atoms with van der Waals surface area (Å²) in [5.74, 6) is 1.83. The van der Waals surface area contributed by atoms with Gasteiger partial charge in [-0.2, -0.15) is 0 Å². The van der Waals surface area contributed by atoms with Gasteiger partial charge in [-0.15, -0.1) is 0 Å². The summed E-state index contributed by atoms with van der Waals surface area (Å²) >= 11 is 0. The van der Waals surface area contributed by atoms with Crippen molar-refractivity contribution in [1.82, 2.24) is 20.2 Å². The molecule has 4 heteroatoms. The van der Waals surface area contributed by atoms with Crippen molar-refractivity contribution in [2.24, 2.45) is 5.92 Å². The molecule has 21 heavy (non-hydrogen) atoms. The molecule has 2 heterocycles. The maximum atomic E-state index is 4.41. The number of aromatic nitrogens is 2. The molecule has 1 aromatic heterocycles. The Labute approximate surface area is 128 Å². The van der Waals surface area contributed by atoms with E-state index in [2.05, 4.69) is 27.1 Å². The predicted octanol–water partition coefficient (Wildman–Crippen LogP) is 2.61. The van der Waals surface area contributed by atoms with E-state index >= 15 is 0 Å². The lowest BCUT2D eigenvalue weighted by Crippen LogP contribution is -2.58. The van der Waals surface area contributed by atoms with Crippen molar-refractivity contribution in [3.63, 3.8) is 0 Å². The van der Waals surface area contributed by atoms with Crippen molar-refractivity contribution >= 4 is 0 Å². The molecule has 0 radical (unpaired) electrons. The van der Waals surface area contributed by atoms with Gasteiger partial charge in [0.1, 0.15) is 5.82 Å². The van der Waals surface area contributed by atoms with Crippen LogP contribution < -0.4 is 5.32 Å². The van der Waals surface area contributed by atoms with E-state index in [4.69, 9.17) is 0 Å². The van der Waals surface area contributed by atoms with Gasteiger partial charge in [0.25, 0.3) is 0 Å². The van der Waals surface area contributed by atoms with Crippen LogP contribution in [-0.4, -0.2) is 40.0 Å². The maximum Gasteiger partial charge on any atom is 0.142 e. The monoisotopic (exact) mass is 288 g/mol. The van der Waals surface area contributed by atoms with Crippen LogP contribution in [0, 0.1) is 5.92 Å². The molecule has 3 rings (SSSR count). The Hall–Kier alpha value is -1.00. The molecule has 4 nitrogen and oxygen atoms in total. The van der Waals surface area contributed by atoms with Crippen LogP contribution in [0.2, 0.25) is 0 Å². The first-order valence-corrected chi connectivity index (χ1v) is 8.60. The zero-order chi connectivity index (χ0) is 14.5. The lowest BCUT2D eigenvalue weighted by atomic mass is 9.82. The van der Waals surface area contributed by atoms with Gasteiger partial charge < -0.3 is 5.32 Å². The Morgan fingerprint density at radius 3 is 2.67 bits per heavy atom. The second-order valence-electron chi connectivity index (χ2n) is 6.57. The van der Waals surface area contributed by atoms with Crippen molar-refractivity contribution < 1.29 is 0 Å². The van der Waals surface area contributed by atoms with Crippen LogP contribution in [0.25, 0.3) is 0 Å². The van der Waals surface area contributed by atoms with E-state index in [0.29, 0.717) is 12.1 Å². The fraction of sp³-hybridized carbons (Fsp3) is 0.765. The van der Waals surface area contributed by atoms with Crippen LogP contribution in [0.4, 0.5) is 0 Å². The van der Waals surface area contributed by atoms with Gasteiger partial charge in [-0.25, -0.2) is 9.97 Å². The molecule has 1 saturated heterocycles. The van der Waals surface area contributed by atoms with Gasteiger partial charge in [-0.1, -0.05) is 26.2 Å². The first kappa shape index (κ1) is 14.9. The van der Waals surface area contributed by atoms with Crippen molar-refractivity contribution in [3.05, 3.63) is 24.3 Å². The molecular weight excluding hydrogens is 260 g/mol. The molecule has 2 aliphatic rings. The average molecular weight is 288 g/mol. The third-order valence-electron chi connectivity index (χ3n) is 5.22. The molecule has 1 aliphatic heterocycles. The van der Waals surface area contributed by atoms with Gasteiger partial charge in [0.05, 0.1) is 6.54 Å². The number of nitrogens with one attached hydrogen (secondary N) is 1. The molecule has 1 N–H and O–H groups in total. The number of nitrogens with zero attached hydrogens (tertiary/aromatic N) is 3. The van der Waals surface area contributed by atoms with Crippen LogP contribution >= 0.6 is 0 Å². The van der Waals surface area contributed by atoms with Gasteiger partial charge in [0.2, 0.25) is 0 Å². The van der Waals surface area contributed by atoms with Crippen LogP contribution in [0.3, 0.4) is 0 Å². The van der Waals surface area contributed by atoms with Gasteiger partial charge >= 0.3 is 0 Å². The molecule has 1 aromatic rings. The second-order valence-corrected chi connectivity index (χ2v) is 6.57. The van der Waals surface area contributed by atoms with Crippen molar-refractivity contribution in [2.75, 3.05) is 13.1 Å². The SMILES string of the molecule is CCC1CNC(C2CCCCC2)CN1Cc1ncccn1. The third-order valence-corrected chi connectivity index (χ3v) is 5.22. The fourth-order valence-corrected chi connectivity index (χ4v) is 3.92. The van der Waals surface area contributed by atoms with Gasteiger partial charge in [-0.3, -0.25) is 4.90 Å². The Kier molecular flexibility index (Phi) is 5.20. The summed E-state index contributed by atoms with van der Waals surface area (Å²) in [5, 5.41) is 3.82. The topological polar surface area (TPSA) is 41.0 Å². The van der Waals surface area contributed by atoms with E-state index in [1.165, 1.54) is 38.5 Å². The molecule has 0 amide bonds. The van der Waals surface area contributed by atoms with Crippen LogP contribution in [0.15, 0.2) is 18.5 Å². The van der Waals surface area contributed by atoms with Crippen LogP contribution in [0.1, 0.15) is 51.3 Å². The fourth-order valence-electron chi connectivity index (χ4n) is 3.92. The molecule has 1 aliphatic carbocycles. The summed E-state index contributed by atoms with van der Waals surface area (Å²) in [4.78, 5) is 11.4. The molecule has 1 saturated carbocycles. The molecule has 0 aromatic carbocycles. The molecule has 2 fully saturated rings. The molecule has 2 atom stereocenters. The number of rotatable bonds is 4. The van der Waals surface area contributed by atoms with Crippen molar-refractivity contribution in [2.45, 2.75) is 64.1 Å². The van der Waals surface area contributed by atoms with E-state index in [1.54, 1.807) is 0 Å². The highest BCUT2D eigenvalue weighted by atomic mass is 15.2. The lowest BCUT2D eigenvalue weighted by Gasteiger charge is -2.43.